The Morgan fingerprint density at radius 2 is 2.05 bits per heavy atom. The molecule has 2 aliphatic rings. The third-order valence-corrected chi connectivity index (χ3v) is 4.87. The predicted molar refractivity (Wildman–Crippen MR) is 71.3 cm³/mol. The Hall–Kier alpha value is -2.04. The monoisotopic (exact) mass is 275 g/mol. The molecule has 20 heavy (non-hydrogen) atoms. The van der Waals surface area contributed by atoms with Gasteiger partial charge in [-0.2, -0.15) is 0 Å². The van der Waals surface area contributed by atoms with Crippen LogP contribution in [0.25, 0.3) is 0 Å². The average Bonchev–Trinajstić information content (AvgIpc) is 2.40. The number of para-hydroxylation sites is 1. The first-order chi connectivity index (χ1) is 9.38. The summed E-state index contributed by atoms with van der Waals surface area (Å²) in [7, 11) is 1.61. The van der Waals surface area contributed by atoms with E-state index in [9.17, 15) is 14.7 Å². The Bertz CT molecular complexity index is 599. The number of carbonyl (C=O) groups is 2. The smallest absolute Gasteiger partial charge is 0.316 e. The predicted octanol–water partition coefficient (Wildman–Crippen LogP) is 1.69. The maximum atomic E-state index is 12.4. The summed E-state index contributed by atoms with van der Waals surface area (Å²) in [6, 6.07) is 7.38. The molecule has 106 valence electrons. The van der Waals surface area contributed by atoms with E-state index in [4.69, 9.17) is 4.74 Å². The van der Waals surface area contributed by atoms with Gasteiger partial charge in [0.25, 0.3) is 0 Å². The van der Waals surface area contributed by atoms with Crippen molar-refractivity contribution in [2.45, 2.75) is 25.5 Å². The molecular formula is C15H17NO4. The van der Waals surface area contributed by atoms with Crippen molar-refractivity contribution < 1.29 is 19.4 Å². The van der Waals surface area contributed by atoms with Crippen LogP contribution < -0.4 is 4.74 Å². The van der Waals surface area contributed by atoms with Crippen LogP contribution in [0.15, 0.2) is 24.3 Å². The van der Waals surface area contributed by atoms with Crippen LogP contribution >= 0.6 is 0 Å². The Morgan fingerprint density at radius 1 is 1.40 bits per heavy atom. The standard InChI is InChI=1S/C15H17NO4/c1-8-11-9-6-4-5-7-10(9)20-15(8,2)16(3)13(17)12(11)14(18)19/h4-8,11-12H,1-3H3,(H,18,19)/t8-,11-,12-,15-/m1/s1. The molecule has 5 heteroatoms. The van der Waals surface area contributed by atoms with Gasteiger partial charge in [-0.1, -0.05) is 25.1 Å². The van der Waals surface area contributed by atoms with Crippen LogP contribution in [0.4, 0.5) is 0 Å². The number of likely N-dealkylation sites (tertiary alicyclic amines) is 1. The van der Waals surface area contributed by atoms with Crippen LogP contribution in [0.5, 0.6) is 5.75 Å². The Kier molecular flexibility index (Phi) is 2.58. The van der Waals surface area contributed by atoms with E-state index in [-0.39, 0.29) is 11.8 Å². The molecule has 3 rings (SSSR count). The molecule has 0 spiro atoms. The van der Waals surface area contributed by atoms with Gasteiger partial charge >= 0.3 is 5.97 Å². The van der Waals surface area contributed by atoms with Crippen molar-refractivity contribution in [3.05, 3.63) is 29.8 Å². The van der Waals surface area contributed by atoms with Crippen LogP contribution in [0.1, 0.15) is 25.3 Å². The number of aliphatic carboxylic acids is 1. The lowest BCUT2D eigenvalue weighted by molar-refractivity contribution is -0.188. The molecule has 1 aromatic rings. The van der Waals surface area contributed by atoms with Crippen molar-refractivity contribution in [1.29, 1.82) is 0 Å². The van der Waals surface area contributed by atoms with Crippen LogP contribution in [-0.2, 0) is 9.59 Å². The first-order valence-corrected chi connectivity index (χ1v) is 6.66. The normalized spacial score (nSPS) is 35.2. The largest absolute Gasteiger partial charge is 0.481 e. The van der Waals surface area contributed by atoms with Crippen LogP contribution in [0.2, 0.25) is 0 Å². The fourth-order valence-corrected chi connectivity index (χ4v) is 3.45. The lowest BCUT2D eigenvalue weighted by Crippen LogP contribution is -2.66. The third-order valence-electron chi connectivity index (χ3n) is 4.87. The van der Waals surface area contributed by atoms with Gasteiger partial charge in [0.1, 0.15) is 11.7 Å². The summed E-state index contributed by atoms with van der Waals surface area (Å²) >= 11 is 0. The second-order valence-electron chi connectivity index (χ2n) is 5.72. The zero-order valence-corrected chi connectivity index (χ0v) is 11.7. The number of carbonyl (C=O) groups excluding carboxylic acids is 1. The van der Waals surface area contributed by atoms with E-state index in [1.54, 1.807) is 7.05 Å². The molecule has 1 N–H and O–H groups in total. The van der Waals surface area contributed by atoms with Gasteiger partial charge in [0.2, 0.25) is 5.91 Å². The number of nitrogens with zero attached hydrogens (tertiary/aromatic N) is 1. The number of amides is 1. The van der Waals surface area contributed by atoms with Gasteiger partial charge in [-0.3, -0.25) is 9.59 Å². The van der Waals surface area contributed by atoms with E-state index < -0.39 is 23.5 Å². The summed E-state index contributed by atoms with van der Waals surface area (Å²) in [5.41, 5.74) is 0.00789. The quantitative estimate of drug-likeness (QED) is 0.792. The Labute approximate surface area is 117 Å². The molecule has 0 aromatic heterocycles. The van der Waals surface area contributed by atoms with E-state index in [2.05, 4.69) is 0 Å². The minimum Gasteiger partial charge on any atom is -0.481 e. The summed E-state index contributed by atoms with van der Waals surface area (Å²) in [4.78, 5) is 25.4. The highest BCUT2D eigenvalue weighted by Gasteiger charge is 2.59. The summed E-state index contributed by atoms with van der Waals surface area (Å²) in [6.07, 6.45) is 0. The molecule has 2 heterocycles. The van der Waals surface area contributed by atoms with Gasteiger partial charge in [-0.25, -0.2) is 0 Å². The molecule has 2 bridgehead atoms. The van der Waals surface area contributed by atoms with Crippen LogP contribution in [0.3, 0.4) is 0 Å². The highest BCUT2D eigenvalue weighted by atomic mass is 16.5. The van der Waals surface area contributed by atoms with E-state index >= 15 is 0 Å². The number of carboxylic acids is 1. The number of hydrogen-bond acceptors (Lipinski definition) is 3. The van der Waals surface area contributed by atoms with Gasteiger partial charge in [0, 0.05) is 18.9 Å². The van der Waals surface area contributed by atoms with E-state index in [1.165, 1.54) is 4.90 Å². The lowest BCUT2D eigenvalue weighted by atomic mass is 9.67. The van der Waals surface area contributed by atoms with Crippen molar-refractivity contribution in [3.63, 3.8) is 0 Å². The number of fused-ring (bicyclic) bond motifs is 4. The maximum absolute atomic E-state index is 12.4. The summed E-state index contributed by atoms with van der Waals surface area (Å²) in [6.45, 7) is 3.79. The van der Waals surface area contributed by atoms with Gasteiger partial charge < -0.3 is 14.7 Å². The molecule has 0 unspecified atom stereocenters. The third kappa shape index (κ3) is 1.43. The lowest BCUT2D eigenvalue weighted by Gasteiger charge is -2.55. The van der Waals surface area contributed by atoms with E-state index in [1.807, 2.05) is 38.1 Å². The molecule has 1 saturated heterocycles. The number of carboxylic acid groups (broad SMARTS) is 1. The first kappa shape index (κ1) is 13.0. The molecule has 2 aliphatic heterocycles. The number of ether oxygens (including phenoxy) is 1. The highest BCUT2D eigenvalue weighted by molar-refractivity contribution is 5.99. The van der Waals surface area contributed by atoms with Crippen molar-refractivity contribution in [3.8, 4) is 5.75 Å². The SMILES string of the molecule is C[C@@H]1[C@@H]2c3ccccc3O[C@@]1(C)N(C)C(=O)[C@@H]2C(=O)O. The second kappa shape index (κ2) is 3.98. The zero-order chi connectivity index (χ0) is 14.7. The molecule has 0 radical (unpaired) electrons. The minimum absolute atomic E-state index is 0.0961. The number of hydrogen-bond donors (Lipinski definition) is 1. The minimum atomic E-state index is -1.07. The molecular weight excluding hydrogens is 258 g/mol. The second-order valence-corrected chi connectivity index (χ2v) is 5.72. The molecule has 0 aliphatic carbocycles. The zero-order valence-electron chi connectivity index (χ0n) is 11.7. The fourth-order valence-electron chi connectivity index (χ4n) is 3.45. The molecule has 0 saturated carbocycles. The van der Waals surface area contributed by atoms with Crippen molar-refractivity contribution in [1.82, 2.24) is 4.90 Å². The summed E-state index contributed by atoms with van der Waals surface area (Å²) in [5.74, 6) is -2.29. The van der Waals surface area contributed by atoms with Crippen LogP contribution in [-0.4, -0.2) is 34.7 Å². The summed E-state index contributed by atoms with van der Waals surface area (Å²) < 4.78 is 6.03. The van der Waals surface area contributed by atoms with Gasteiger partial charge in [-0.15, -0.1) is 0 Å². The van der Waals surface area contributed by atoms with Gasteiger partial charge in [-0.05, 0) is 18.6 Å². The average molecular weight is 275 g/mol. The molecule has 1 fully saturated rings. The Morgan fingerprint density at radius 3 is 2.70 bits per heavy atom. The number of piperidine rings is 1. The molecule has 4 atom stereocenters. The van der Waals surface area contributed by atoms with Gasteiger partial charge in [0.15, 0.2) is 5.72 Å². The topological polar surface area (TPSA) is 66.8 Å². The van der Waals surface area contributed by atoms with Crippen LogP contribution in [0, 0.1) is 11.8 Å². The van der Waals surface area contributed by atoms with Crippen molar-refractivity contribution in [2.75, 3.05) is 7.05 Å². The van der Waals surface area contributed by atoms with Crippen molar-refractivity contribution in [2.24, 2.45) is 11.8 Å². The highest BCUT2D eigenvalue weighted by Crippen LogP contribution is 2.52. The number of rotatable bonds is 1. The van der Waals surface area contributed by atoms with E-state index in [0.29, 0.717) is 5.75 Å². The Balaban J connectivity index is 2.24. The van der Waals surface area contributed by atoms with Crippen molar-refractivity contribution >= 4 is 11.9 Å². The fraction of sp³-hybridized carbons (Fsp3) is 0.467. The van der Waals surface area contributed by atoms with Gasteiger partial charge in [0.05, 0.1) is 0 Å². The maximum Gasteiger partial charge on any atom is 0.316 e. The molecule has 1 aromatic carbocycles. The molecule has 5 nitrogen and oxygen atoms in total. The van der Waals surface area contributed by atoms with E-state index in [0.717, 1.165) is 5.56 Å². The molecule has 1 amide bonds. The number of benzene rings is 1. The first-order valence-electron chi connectivity index (χ1n) is 6.66. The summed E-state index contributed by atoms with van der Waals surface area (Å²) in [5, 5.41) is 9.48.